The van der Waals surface area contributed by atoms with Crippen LogP contribution in [0, 0.1) is 0 Å². The number of carbonyl (C=O) groups excluding carboxylic acids is 3. The van der Waals surface area contributed by atoms with Gasteiger partial charge in [-0.05, 0) is 49.2 Å². The molecular formula is C22H23BrN4O3. The topological polar surface area (TPSA) is 73.0 Å². The molecule has 8 heteroatoms. The summed E-state index contributed by atoms with van der Waals surface area (Å²) in [6, 6.07) is 16.3. The fourth-order valence-electron chi connectivity index (χ4n) is 3.96. The number of nitrogens with zero attached hydrogens (tertiary/aromatic N) is 3. The van der Waals surface area contributed by atoms with E-state index < -0.39 is 0 Å². The molecule has 0 bridgehead atoms. The molecule has 0 aromatic heterocycles. The van der Waals surface area contributed by atoms with Crippen LogP contribution in [-0.4, -0.2) is 59.9 Å². The van der Waals surface area contributed by atoms with Crippen LogP contribution in [0.5, 0.6) is 0 Å². The summed E-state index contributed by atoms with van der Waals surface area (Å²) in [5.41, 5.74) is 1.37. The Balaban J connectivity index is 1.29. The Morgan fingerprint density at radius 3 is 2.33 bits per heavy atom. The van der Waals surface area contributed by atoms with Gasteiger partial charge in [-0.25, -0.2) is 9.69 Å². The third-order valence-electron chi connectivity index (χ3n) is 5.50. The maximum Gasteiger partial charge on any atom is 0.332 e. The largest absolute Gasteiger partial charge is 0.332 e. The summed E-state index contributed by atoms with van der Waals surface area (Å²) in [6.07, 6.45) is 1.49. The van der Waals surface area contributed by atoms with Gasteiger partial charge in [-0.3, -0.25) is 14.5 Å². The van der Waals surface area contributed by atoms with E-state index in [1.54, 1.807) is 17.0 Å². The van der Waals surface area contributed by atoms with Crippen molar-refractivity contribution in [1.29, 1.82) is 0 Å². The molecule has 2 aromatic carbocycles. The van der Waals surface area contributed by atoms with Crippen molar-refractivity contribution in [1.82, 2.24) is 9.80 Å². The van der Waals surface area contributed by atoms with Crippen molar-refractivity contribution < 1.29 is 14.4 Å². The minimum Gasteiger partial charge on any atom is -0.325 e. The van der Waals surface area contributed by atoms with Crippen molar-refractivity contribution in [3.05, 3.63) is 59.1 Å². The number of anilines is 2. The normalized spacial score (nSPS) is 18.2. The highest BCUT2D eigenvalue weighted by Crippen LogP contribution is 2.26. The van der Waals surface area contributed by atoms with Gasteiger partial charge in [0, 0.05) is 29.3 Å². The van der Waals surface area contributed by atoms with Crippen LogP contribution in [0.1, 0.15) is 12.8 Å². The molecule has 0 radical (unpaired) electrons. The maximum atomic E-state index is 12.9. The summed E-state index contributed by atoms with van der Waals surface area (Å²) in [7, 11) is 0. The van der Waals surface area contributed by atoms with Gasteiger partial charge in [-0.15, -0.1) is 0 Å². The highest BCUT2D eigenvalue weighted by molar-refractivity contribution is 9.10. The second-order valence-corrected chi connectivity index (χ2v) is 8.45. The van der Waals surface area contributed by atoms with Crippen molar-refractivity contribution in [2.75, 3.05) is 36.4 Å². The van der Waals surface area contributed by atoms with E-state index in [1.807, 2.05) is 42.5 Å². The second kappa shape index (κ2) is 8.97. The van der Waals surface area contributed by atoms with Crippen molar-refractivity contribution >= 4 is 45.2 Å². The fourth-order valence-corrected chi connectivity index (χ4v) is 4.23. The summed E-state index contributed by atoms with van der Waals surface area (Å²) in [5, 5.41) is 2.90. The van der Waals surface area contributed by atoms with E-state index in [1.165, 1.54) is 4.90 Å². The van der Waals surface area contributed by atoms with Gasteiger partial charge in [0.05, 0.1) is 12.2 Å². The average molecular weight is 471 g/mol. The number of hydrogen-bond acceptors (Lipinski definition) is 4. The molecule has 30 heavy (non-hydrogen) atoms. The van der Waals surface area contributed by atoms with E-state index in [2.05, 4.69) is 26.1 Å². The van der Waals surface area contributed by atoms with Gasteiger partial charge in [0.2, 0.25) is 5.91 Å². The number of piperidine rings is 1. The quantitative estimate of drug-likeness (QED) is 0.680. The van der Waals surface area contributed by atoms with Crippen LogP contribution < -0.4 is 10.2 Å². The lowest BCUT2D eigenvalue weighted by Gasteiger charge is -2.35. The molecule has 2 aliphatic rings. The van der Waals surface area contributed by atoms with E-state index in [9.17, 15) is 14.4 Å². The van der Waals surface area contributed by atoms with E-state index in [-0.39, 0.29) is 30.4 Å². The first-order valence-electron chi connectivity index (χ1n) is 9.97. The van der Waals surface area contributed by atoms with Crippen LogP contribution in [0.2, 0.25) is 0 Å². The zero-order valence-electron chi connectivity index (χ0n) is 16.5. The second-order valence-electron chi connectivity index (χ2n) is 7.54. The summed E-state index contributed by atoms with van der Waals surface area (Å²) < 4.78 is 0.961. The first kappa shape index (κ1) is 20.6. The number of likely N-dealkylation sites (tertiary alicyclic amines) is 1. The number of urea groups is 1. The summed E-state index contributed by atoms with van der Waals surface area (Å²) in [5.74, 6) is -0.249. The molecule has 4 amide bonds. The minimum absolute atomic E-state index is 0.0148. The van der Waals surface area contributed by atoms with Crippen LogP contribution in [0.25, 0.3) is 0 Å². The average Bonchev–Trinajstić information content (AvgIpc) is 3.05. The van der Waals surface area contributed by atoms with Crippen molar-refractivity contribution in [3.8, 4) is 0 Å². The molecule has 2 heterocycles. The SMILES string of the molecule is O=C(CN1CCC(N2CC(=O)N(c3ccccc3)C2=O)CC1)Nc1ccc(Br)cc1. The third kappa shape index (κ3) is 4.55. The summed E-state index contributed by atoms with van der Waals surface area (Å²) in [6.45, 7) is 1.84. The number of nitrogens with one attached hydrogen (secondary N) is 1. The Morgan fingerprint density at radius 2 is 1.67 bits per heavy atom. The molecule has 7 nitrogen and oxygen atoms in total. The van der Waals surface area contributed by atoms with Crippen LogP contribution in [0.3, 0.4) is 0 Å². The number of hydrogen-bond donors (Lipinski definition) is 1. The Kier molecular flexibility index (Phi) is 6.15. The van der Waals surface area contributed by atoms with Gasteiger partial charge in [0.15, 0.2) is 0 Å². The van der Waals surface area contributed by atoms with Gasteiger partial charge < -0.3 is 10.2 Å². The van der Waals surface area contributed by atoms with Crippen molar-refractivity contribution in [2.24, 2.45) is 0 Å². The van der Waals surface area contributed by atoms with Gasteiger partial charge in [0.1, 0.15) is 6.54 Å². The van der Waals surface area contributed by atoms with Crippen LogP contribution in [0.4, 0.5) is 16.2 Å². The van der Waals surface area contributed by atoms with Gasteiger partial charge >= 0.3 is 6.03 Å². The van der Waals surface area contributed by atoms with Crippen LogP contribution in [-0.2, 0) is 9.59 Å². The highest BCUT2D eigenvalue weighted by atomic mass is 79.9. The number of rotatable bonds is 5. The Labute approximate surface area is 183 Å². The molecule has 4 rings (SSSR count). The third-order valence-corrected chi connectivity index (χ3v) is 6.03. The first-order valence-corrected chi connectivity index (χ1v) is 10.8. The Morgan fingerprint density at radius 1 is 1.00 bits per heavy atom. The van der Waals surface area contributed by atoms with E-state index in [4.69, 9.17) is 0 Å². The number of carbonyl (C=O) groups is 3. The number of halogens is 1. The standard InChI is InChI=1S/C22H23BrN4O3/c23-16-6-8-17(9-7-16)24-20(28)14-25-12-10-18(11-13-25)26-15-21(29)27(22(26)30)19-4-2-1-3-5-19/h1-9,18H,10-15H2,(H,24,28). The maximum absolute atomic E-state index is 12.9. The molecule has 0 spiro atoms. The molecule has 1 N–H and O–H groups in total. The Bertz CT molecular complexity index is 927. The zero-order chi connectivity index (χ0) is 21.1. The number of imide groups is 1. The van der Waals surface area contributed by atoms with E-state index in [0.29, 0.717) is 25.3 Å². The van der Waals surface area contributed by atoms with Crippen LogP contribution >= 0.6 is 15.9 Å². The summed E-state index contributed by atoms with van der Waals surface area (Å²) in [4.78, 5) is 42.6. The Hall–Kier alpha value is -2.71. The molecule has 156 valence electrons. The monoisotopic (exact) mass is 470 g/mol. The van der Waals surface area contributed by atoms with Crippen LogP contribution in [0.15, 0.2) is 59.1 Å². The molecule has 0 saturated carbocycles. The molecule has 0 atom stereocenters. The number of benzene rings is 2. The lowest BCUT2D eigenvalue weighted by Crippen LogP contribution is -2.48. The smallest absolute Gasteiger partial charge is 0.325 e. The molecule has 0 aliphatic carbocycles. The van der Waals surface area contributed by atoms with Crippen molar-refractivity contribution in [3.63, 3.8) is 0 Å². The number of amides is 4. The predicted molar refractivity (Wildman–Crippen MR) is 118 cm³/mol. The first-order chi connectivity index (χ1) is 14.5. The summed E-state index contributed by atoms with van der Waals surface area (Å²) >= 11 is 3.38. The molecule has 0 unspecified atom stereocenters. The zero-order valence-corrected chi connectivity index (χ0v) is 18.0. The van der Waals surface area contributed by atoms with E-state index >= 15 is 0 Å². The predicted octanol–water partition coefficient (Wildman–Crippen LogP) is 3.32. The molecular weight excluding hydrogens is 448 g/mol. The fraction of sp³-hybridized carbons (Fsp3) is 0.318. The van der Waals surface area contributed by atoms with Gasteiger partial charge in [0.25, 0.3) is 5.91 Å². The molecule has 2 aliphatic heterocycles. The van der Waals surface area contributed by atoms with E-state index in [0.717, 1.165) is 23.0 Å². The molecule has 2 saturated heterocycles. The highest BCUT2D eigenvalue weighted by Gasteiger charge is 2.41. The van der Waals surface area contributed by atoms with Crippen molar-refractivity contribution in [2.45, 2.75) is 18.9 Å². The van der Waals surface area contributed by atoms with Gasteiger partial charge in [-0.1, -0.05) is 34.1 Å². The minimum atomic E-state index is -0.252. The van der Waals surface area contributed by atoms with Gasteiger partial charge in [-0.2, -0.15) is 0 Å². The number of para-hydroxylation sites is 1. The molecule has 2 aromatic rings. The lowest BCUT2D eigenvalue weighted by molar-refractivity contribution is -0.117. The molecule has 2 fully saturated rings. The lowest BCUT2D eigenvalue weighted by atomic mass is 10.0.